The van der Waals surface area contributed by atoms with Crippen LogP contribution in [0.2, 0.25) is 0 Å². The lowest BCUT2D eigenvalue weighted by Crippen LogP contribution is -2.43. The van der Waals surface area contributed by atoms with Crippen LogP contribution in [0, 0.1) is 15.5 Å². The second kappa shape index (κ2) is 5.47. The van der Waals surface area contributed by atoms with Crippen molar-refractivity contribution in [1.82, 2.24) is 0 Å². The number of Topliss-reactive ketones (excluding diaryl/α,β-unsaturated/α-hetero) is 1. The predicted molar refractivity (Wildman–Crippen MR) is 75.0 cm³/mol. The summed E-state index contributed by atoms with van der Waals surface area (Å²) in [6.07, 6.45) is 2.45. The molecular weight excluding hydrogens is 274 g/mol. The van der Waals surface area contributed by atoms with Crippen molar-refractivity contribution in [3.05, 3.63) is 52.1 Å². The minimum atomic E-state index is -1.32. The molecule has 0 unspecified atom stereocenters. The Balaban J connectivity index is 2.55. The quantitative estimate of drug-likeness (QED) is 0.279. The fraction of sp³-hybridized carbons (Fsp3) is 0.333. The lowest BCUT2D eigenvalue weighted by Gasteiger charge is -2.33. The van der Waals surface area contributed by atoms with Crippen LogP contribution in [0.5, 0.6) is 0 Å². The van der Waals surface area contributed by atoms with Gasteiger partial charge in [-0.3, -0.25) is 19.7 Å². The number of allylic oxidation sites excluding steroid dienone is 1. The van der Waals surface area contributed by atoms with Crippen molar-refractivity contribution in [3.8, 4) is 0 Å². The third kappa shape index (κ3) is 2.33. The summed E-state index contributed by atoms with van der Waals surface area (Å²) in [5, 5.41) is 10.9. The minimum absolute atomic E-state index is 0.153. The normalized spacial score (nSPS) is 20.5. The van der Waals surface area contributed by atoms with Gasteiger partial charge in [0.05, 0.1) is 12.0 Å². The molecule has 0 saturated carbocycles. The number of carbonyl (C=O) groups excluding carboxylic acids is 2. The monoisotopic (exact) mass is 289 g/mol. The molecule has 1 atom stereocenters. The Labute approximate surface area is 121 Å². The van der Waals surface area contributed by atoms with Crippen molar-refractivity contribution in [2.24, 2.45) is 5.41 Å². The summed E-state index contributed by atoms with van der Waals surface area (Å²) in [4.78, 5) is 35.1. The lowest BCUT2D eigenvalue weighted by atomic mass is 9.68. The summed E-state index contributed by atoms with van der Waals surface area (Å²) in [6, 6.07) is 4.17. The molecule has 1 aliphatic rings. The highest BCUT2D eigenvalue weighted by molar-refractivity contribution is 6.14. The minimum Gasteiger partial charge on any atom is -0.468 e. The number of nitro benzene ring substituents is 1. The highest BCUT2D eigenvalue weighted by atomic mass is 16.6. The molecule has 6 nitrogen and oxygen atoms in total. The number of rotatable bonds is 4. The van der Waals surface area contributed by atoms with Gasteiger partial charge in [0.15, 0.2) is 5.78 Å². The van der Waals surface area contributed by atoms with Gasteiger partial charge in [0.1, 0.15) is 5.41 Å². The highest BCUT2D eigenvalue weighted by Gasteiger charge is 2.49. The Morgan fingerprint density at radius 3 is 2.86 bits per heavy atom. The number of hydrogen-bond donors (Lipinski definition) is 0. The molecule has 0 bridgehead atoms. The first kappa shape index (κ1) is 14.9. The van der Waals surface area contributed by atoms with Gasteiger partial charge in [-0.2, -0.15) is 0 Å². The maximum absolute atomic E-state index is 12.7. The number of ketones is 1. The largest absolute Gasteiger partial charge is 0.468 e. The van der Waals surface area contributed by atoms with E-state index in [1.54, 1.807) is 6.07 Å². The Morgan fingerprint density at radius 2 is 2.29 bits per heavy atom. The van der Waals surface area contributed by atoms with Crippen LogP contribution in [0.25, 0.3) is 0 Å². The number of fused-ring (bicyclic) bond motifs is 1. The Kier molecular flexibility index (Phi) is 3.88. The number of benzene rings is 1. The molecule has 6 heteroatoms. The molecule has 0 amide bonds. The van der Waals surface area contributed by atoms with Gasteiger partial charge in [-0.1, -0.05) is 12.1 Å². The van der Waals surface area contributed by atoms with Crippen molar-refractivity contribution >= 4 is 17.4 Å². The molecule has 110 valence electrons. The van der Waals surface area contributed by atoms with E-state index in [2.05, 4.69) is 6.58 Å². The topological polar surface area (TPSA) is 86.5 Å². The number of methoxy groups -OCH3 is 1. The molecule has 0 heterocycles. The van der Waals surface area contributed by atoms with Gasteiger partial charge in [-0.15, -0.1) is 6.58 Å². The van der Waals surface area contributed by atoms with E-state index in [1.165, 1.54) is 25.3 Å². The predicted octanol–water partition coefficient (Wildman–Crippen LogP) is 2.46. The molecule has 0 aromatic heterocycles. The summed E-state index contributed by atoms with van der Waals surface area (Å²) in [5.41, 5.74) is -0.545. The van der Waals surface area contributed by atoms with Crippen LogP contribution >= 0.6 is 0 Å². The Hall–Kier alpha value is -2.50. The summed E-state index contributed by atoms with van der Waals surface area (Å²) >= 11 is 0. The number of carbonyl (C=O) groups is 2. The van der Waals surface area contributed by atoms with Crippen molar-refractivity contribution < 1.29 is 19.2 Å². The van der Waals surface area contributed by atoms with Gasteiger partial charge in [0, 0.05) is 17.7 Å². The van der Waals surface area contributed by atoms with Crippen LogP contribution in [0.4, 0.5) is 5.69 Å². The average Bonchev–Trinajstić information content (AvgIpc) is 2.49. The van der Waals surface area contributed by atoms with Crippen molar-refractivity contribution in [2.75, 3.05) is 7.11 Å². The number of aryl methyl sites for hydroxylation is 1. The van der Waals surface area contributed by atoms with Crippen molar-refractivity contribution in [2.45, 2.75) is 19.3 Å². The van der Waals surface area contributed by atoms with Crippen LogP contribution < -0.4 is 0 Å². The van der Waals surface area contributed by atoms with Crippen LogP contribution in [0.15, 0.2) is 30.9 Å². The zero-order valence-electron chi connectivity index (χ0n) is 11.6. The maximum atomic E-state index is 12.7. The fourth-order valence-electron chi connectivity index (χ4n) is 2.74. The zero-order chi connectivity index (χ0) is 15.6. The molecule has 1 aromatic carbocycles. The van der Waals surface area contributed by atoms with E-state index in [-0.39, 0.29) is 17.7 Å². The van der Waals surface area contributed by atoms with E-state index in [9.17, 15) is 19.7 Å². The Bertz CT molecular complexity index is 637. The first-order valence-electron chi connectivity index (χ1n) is 6.47. The van der Waals surface area contributed by atoms with Crippen LogP contribution in [-0.2, 0) is 16.0 Å². The van der Waals surface area contributed by atoms with E-state index in [4.69, 9.17) is 4.74 Å². The SMILES string of the molecule is C=CC[C@]1(C(=O)OC)CCc2ccc([N+](=O)[O-])cc2C1=O. The second-order valence-corrected chi connectivity index (χ2v) is 4.99. The standard InChI is InChI=1S/C15H15NO5/c1-3-7-15(14(18)21-2)8-6-10-4-5-11(16(19)20)9-12(10)13(15)17/h3-5,9H,1,6-8H2,2H3/t15-/m0/s1. The van der Waals surface area contributed by atoms with Gasteiger partial charge in [0.25, 0.3) is 5.69 Å². The average molecular weight is 289 g/mol. The number of non-ortho nitro benzene ring substituents is 1. The van der Waals surface area contributed by atoms with E-state index < -0.39 is 22.1 Å². The van der Waals surface area contributed by atoms with Gasteiger partial charge in [-0.05, 0) is 24.8 Å². The summed E-state index contributed by atoms with van der Waals surface area (Å²) in [7, 11) is 1.23. The molecule has 1 aromatic rings. The molecule has 1 aliphatic carbocycles. The first-order valence-corrected chi connectivity index (χ1v) is 6.47. The molecule has 0 spiro atoms. The maximum Gasteiger partial charge on any atom is 0.320 e. The van der Waals surface area contributed by atoms with E-state index >= 15 is 0 Å². The number of esters is 1. The number of nitro groups is 1. The summed E-state index contributed by atoms with van der Waals surface area (Å²) in [6.45, 7) is 3.58. The van der Waals surface area contributed by atoms with Crippen LogP contribution in [0.1, 0.15) is 28.8 Å². The van der Waals surface area contributed by atoms with E-state index in [0.29, 0.717) is 18.4 Å². The number of ether oxygens (including phenoxy) is 1. The summed E-state index contributed by atoms with van der Waals surface area (Å²) in [5.74, 6) is -1.05. The van der Waals surface area contributed by atoms with Crippen LogP contribution in [-0.4, -0.2) is 23.8 Å². The van der Waals surface area contributed by atoms with E-state index in [1.807, 2.05) is 0 Å². The molecule has 0 saturated heterocycles. The molecule has 0 N–H and O–H groups in total. The van der Waals surface area contributed by atoms with Crippen molar-refractivity contribution in [1.29, 1.82) is 0 Å². The van der Waals surface area contributed by atoms with Crippen LogP contribution in [0.3, 0.4) is 0 Å². The smallest absolute Gasteiger partial charge is 0.320 e. The first-order chi connectivity index (χ1) is 9.96. The van der Waals surface area contributed by atoms with Gasteiger partial charge >= 0.3 is 5.97 Å². The van der Waals surface area contributed by atoms with Gasteiger partial charge in [-0.25, -0.2) is 0 Å². The molecule has 0 radical (unpaired) electrons. The molecular formula is C15H15NO5. The molecule has 0 aliphatic heterocycles. The fourth-order valence-corrected chi connectivity index (χ4v) is 2.74. The number of hydrogen-bond acceptors (Lipinski definition) is 5. The van der Waals surface area contributed by atoms with Gasteiger partial charge in [0.2, 0.25) is 0 Å². The van der Waals surface area contributed by atoms with Crippen molar-refractivity contribution in [3.63, 3.8) is 0 Å². The molecule has 2 rings (SSSR count). The lowest BCUT2D eigenvalue weighted by molar-refractivity contribution is -0.384. The third-order valence-electron chi connectivity index (χ3n) is 3.87. The van der Waals surface area contributed by atoms with E-state index in [0.717, 1.165) is 0 Å². The second-order valence-electron chi connectivity index (χ2n) is 4.99. The summed E-state index contributed by atoms with van der Waals surface area (Å²) < 4.78 is 4.77. The zero-order valence-corrected chi connectivity index (χ0v) is 11.6. The number of nitrogens with zero attached hydrogens (tertiary/aromatic N) is 1. The molecule has 21 heavy (non-hydrogen) atoms. The third-order valence-corrected chi connectivity index (χ3v) is 3.87. The Morgan fingerprint density at radius 1 is 1.57 bits per heavy atom. The highest BCUT2D eigenvalue weighted by Crippen LogP contribution is 2.40. The van der Waals surface area contributed by atoms with Gasteiger partial charge < -0.3 is 4.74 Å². The molecule has 0 fully saturated rings.